The average molecular weight is 344 g/mol. The van der Waals surface area contributed by atoms with Crippen molar-refractivity contribution in [2.75, 3.05) is 13.1 Å². The van der Waals surface area contributed by atoms with Crippen LogP contribution in [-0.4, -0.2) is 36.1 Å². The molecule has 0 saturated carbocycles. The van der Waals surface area contributed by atoms with E-state index in [0.717, 1.165) is 12.8 Å². The van der Waals surface area contributed by atoms with E-state index >= 15 is 0 Å². The highest BCUT2D eigenvalue weighted by molar-refractivity contribution is 9.10. The van der Waals surface area contributed by atoms with Crippen molar-refractivity contribution in [3.63, 3.8) is 0 Å². The van der Waals surface area contributed by atoms with E-state index < -0.39 is 0 Å². The summed E-state index contributed by atoms with van der Waals surface area (Å²) in [6.45, 7) is 5.40. The van der Waals surface area contributed by atoms with Crippen LogP contribution in [0.15, 0.2) is 22.7 Å². The van der Waals surface area contributed by atoms with Crippen LogP contribution < -0.4 is 0 Å². The van der Waals surface area contributed by atoms with E-state index in [2.05, 4.69) is 15.9 Å². The summed E-state index contributed by atoms with van der Waals surface area (Å²) >= 11 is 3.25. The van der Waals surface area contributed by atoms with Gasteiger partial charge in [0.05, 0.1) is 17.8 Å². The van der Waals surface area contributed by atoms with Gasteiger partial charge in [-0.1, -0.05) is 0 Å². The van der Waals surface area contributed by atoms with E-state index in [0.29, 0.717) is 23.1 Å². The van der Waals surface area contributed by atoms with Crippen molar-refractivity contribution in [3.8, 4) is 0 Å². The van der Waals surface area contributed by atoms with Crippen molar-refractivity contribution in [2.24, 2.45) is 0 Å². The SMILES string of the molecule is CC(C)OC1CCN(C(=O)c2ccc(F)cc2Br)CC1. The van der Waals surface area contributed by atoms with Crippen LogP contribution in [0, 0.1) is 5.82 Å². The zero-order chi connectivity index (χ0) is 14.7. The number of benzene rings is 1. The first-order valence-corrected chi connectivity index (χ1v) is 7.66. The van der Waals surface area contributed by atoms with Crippen LogP contribution in [-0.2, 0) is 4.74 Å². The van der Waals surface area contributed by atoms with Gasteiger partial charge in [-0.15, -0.1) is 0 Å². The van der Waals surface area contributed by atoms with Gasteiger partial charge in [0.25, 0.3) is 5.91 Å². The maximum absolute atomic E-state index is 13.1. The van der Waals surface area contributed by atoms with Crippen molar-refractivity contribution >= 4 is 21.8 Å². The number of ether oxygens (including phenoxy) is 1. The Morgan fingerprint density at radius 1 is 1.40 bits per heavy atom. The number of nitrogens with zero attached hydrogens (tertiary/aromatic N) is 1. The van der Waals surface area contributed by atoms with Gasteiger partial charge < -0.3 is 9.64 Å². The van der Waals surface area contributed by atoms with Crippen LogP contribution in [0.4, 0.5) is 4.39 Å². The van der Waals surface area contributed by atoms with E-state index in [-0.39, 0.29) is 23.9 Å². The second-order valence-corrected chi connectivity index (χ2v) is 6.15. The van der Waals surface area contributed by atoms with Gasteiger partial charge in [-0.3, -0.25) is 4.79 Å². The highest BCUT2D eigenvalue weighted by atomic mass is 79.9. The molecule has 0 bridgehead atoms. The fourth-order valence-electron chi connectivity index (χ4n) is 2.41. The van der Waals surface area contributed by atoms with Crippen LogP contribution in [0.2, 0.25) is 0 Å². The minimum absolute atomic E-state index is 0.0557. The zero-order valence-electron chi connectivity index (χ0n) is 11.7. The molecule has 0 radical (unpaired) electrons. The molecule has 1 saturated heterocycles. The predicted octanol–water partition coefficient (Wildman–Crippen LogP) is 3.62. The topological polar surface area (TPSA) is 29.5 Å². The number of carbonyl (C=O) groups is 1. The molecule has 2 rings (SSSR count). The summed E-state index contributed by atoms with van der Waals surface area (Å²) in [4.78, 5) is 14.2. The Morgan fingerprint density at radius 3 is 2.60 bits per heavy atom. The van der Waals surface area contributed by atoms with E-state index in [1.165, 1.54) is 18.2 Å². The second kappa shape index (κ2) is 6.68. The Hall–Kier alpha value is -0.940. The lowest BCUT2D eigenvalue weighted by Crippen LogP contribution is -2.41. The molecule has 20 heavy (non-hydrogen) atoms. The average Bonchev–Trinajstić information content (AvgIpc) is 2.38. The molecular formula is C15H19BrFNO2. The lowest BCUT2D eigenvalue weighted by molar-refractivity contribution is -0.0236. The molecule has 1 amide bonds. The molecule has 1 fully saturated rings. The predicted molar refractivity (Wildman–Crippen MR) is 79.2 cm³/mol. The van der Waals surface area contributed by atoms with Gasteiger partial charge in [0.15, 0.2) is 0 Å². The smallest absolute Gasteiger partial charge is 0.255 e. The molecule has 0 aliphatic carbocycles. The first-order valence-electron chi connectivity index (χ1n) is 6.87. The third kappa shape index (κ3) is 3.79. The summed E-state index contributed by atoms with van der Waals surface area (Å²) in [6, 6.07) is 4.16. The monoisotopic (exact) mass is 343 g/mol. The van der Waals surface area contributed by atoms with Gasteiger partial charge in [0.1, 0.15) is 5.82 Å². The van der Waals surface area contributed by atoms with E-state index in [4.69, 9.17) is 4.74 Å². The van der Waals surface area contributed by atoms with Crippen molar-refractivity contribution in [1.82, 2.24) is 4.90 Å². The van der Waals surface area contributed by atoms with Crippen molar-refractivity contribution in [2.45, 2.75) is 38.9 Å². The number of hydrogen-bond acceptors (Lipinski definition) is 2. The quantitative estimate of drug-likeness (QED) is 0.838. The molecule has 1 aliphatic heterocycles. The van der Waals surface area contributed by atoms with E-state index in [9.17, 15) is 9.18 Å². The molecule has 0 spiro atoms. The van der Waals surface area contributed by atoms with Gasteiger partial charge in [0, 0.05) is 17.6 Å². The Morgan fingerprint density at radius 2 is 2.05 bits per heavy atom. The molecule has 5 heteroatoms. The van der Waals surface area contributed by atoms with Crippen molar-refractivity contribution < 1.29 is 13.9 Å². The molecule has 0 aromatic heterocycles. The second-order valence-electron chi connectivity index (χ2n) is 5.30. The lowest BCUT2D eigenvalue weighted by Gasteiger charge is -2.33. The van der Waals surface area contributed by atoms with Crippen LogP contribution in [0.1, 0.15) is 37.0 Å². The summed E-state index contributed by atoms with van der Waals surface area (Å²) in [7, 11) is 0. The summed E-state index contributed by atoms with van der Waals surface area (Å²) in [5.74, 6) is -0.405. The summed E-state index contributed by atoms with van der Waals surface area (Å²) < 4.78 is 19.3. The minimum atomic E-state index is -0.350. The number of likely N-dealkylation sites (tertiary alicyclic amines) is 1. The van der Waals surface area contributed by atoms with Gasteiger partial charge >= 0.3 is 0 Å². The first kappa shape index (κ1) is 15.4. The van der Waals surface area contributed by atoms with Crippen molar-refractivity contribution in [3.05, 3.63) is 34.1 Å². The van der Waals surface area contributed by atoms with Gasteiger partial charge in [-0.05, 0) is 60.8 Å². The number of piperidine rings is 1. The zero-order valence-corrected chi connectivity index (χ0v) is 13.3. The van der Waals surface area contributed by atoms with E-state index in [1.807, 2.05) is 13.8 Å². The molecule has 1 aliphatic rings. The maximum atomic E-state index is 13.1. The normalized spacial score (nSPS) is 16.8. The highest BCUT2D eigenvalue weighted by Gasteiger charge is 2.25. The third-order valence-electron chi connectivity index (χ3n) is 3.36. The Labute approximate surface area is 127 Å². The first-order chi connectivity index (χ1) is 9.47. The number of amides is 1. The molecule has 110 valence electrons. The molecule has 1 aromatic carbocycles. The van der Waals surface area contributed by atoms with Gasteiger partial charge in [-0.2, -0.15) is 0 Å². The third-order valence-corrected chi connectivity index (χ3v) is 4.01. The number of halogens is 2. The molecule has 0 N–H and O–H groups in total. The summed E-state index contributed by atoms with van der Waals surface area (Å²) in [6.07, 6.45) is 2.15. The number of carbonyl (C=O) groups excluding carboxylic acids is 1. The van der Waals surface area contributed by atoms with Crippen LogP contribution in [0.3, 0.4) is 0 Å². The molecule has 0 unspecified atom stereocenters. The van der Waals surface area contributed by atoms with Crippen molar-refractivity contribution in [1.29, 1.82) is 0 Å². The van der Waals surface area contributed by atoms with Gasteiger partial charge in [0.2, 0.25) is 0 Å². The minimum Gasteiger partial charge on any atom is -0.375 e. The highest BCUT2D eigenvalue weighted by Crippen LogP contribution is 2.22. The van der Waals surface area contributed by atoms with Crippen LogP contribution in [0.5, 0.6) is 0 Å². The Kier molecular flexibility index (Phi) is 5.16. The molecule has 1 heterocycles. The number of rotatable bonds is 3. The molecule has 0 atom stereocenters. The lowest BCUT2D eigenvalue weighted by atomic mass is 10.1. The summed E-state index contributed by atoms with van der Waals surface area (Å²) in [5, 5.41) is 0. The fraction of sp³-hybridized carbons (Fsp3) is 0.533. The maximum Gasteiger partial charge on any atom is 0.255 e. The van der Waals surface area contributed by atoms with Crippen LogP contribution in [0.25, 0.3) is 0 Å². The standard InChI is InChI=1S/C15H19BrFNO2/c1-10(2)20-12-5-7-18(8-6-12)15(19)13-4-3-11(17)9-14(13)16/h3-4,9-10,12H,5-8H2,1-2H3. The summed E-state index contributed by atoms with van der Waals surface area (Å²) in [5.41, 5.74) is 0.509. The number of hydrogen-bond donors (Lipinski definition) is 0. The molecule has 1 aromatic rings. The van der Waals surface area contributed by atoms with Gasteiger partial charge in [-0.25, -0.2) is 4.39 Å². The Bertz CT molecular complexity index is 485. The fourth-order valence-corrected chi connectivity index (χ4v) is 2.93. The Balaban J connectivity index is 1.98. The molecular weight excluding hydrogens is 325 g/mol. The van der Waals surface area contributed by atoms with Crippen LogP contribution >= 0.6 is 15.9 Å². The largest absolute Gasteiger partial charge is 0.375 e. The molecule has 3 nitrogen and oxygen atoms in total. The van der Waals surface area contributed by atoms with E-state index in [1.54, 1.807) is 4.90 Å².